The molecule has 92 valence electrons. The predicted molar refractivity (Wildman–Crippen MR) is 65.7 cm³/mol. The summed E-state index contributed by atoms with van der Waals surface area (Å²) in [5.74, 6) is -2.60. The third kappa shape index (κ3) is 2.33. The third-order valence-electron chi connectivity index (χ3n) is 2.44. The first kappa shape index (κ1) is 12.5. The number of nitrogens with two attached hydrogens (primary N) is 1. The lowest BCUT2D eigenvalue weighted by atomic mass is 10.0. The van der Waals surface area contributed by atoms with Gasteiger partial charge in [-0.1, -0.05) is 11.6 Å². The van der Waals surface area contributed by atoms with Gasteiger partial charge in [0.05, 0.1) is 0 Å². The number of nitrogen functional groups attached to an aromatic ring is 1. The van der Waals surface area contributed by atoms with Crippen molar-refractivity contribution >= 4 is 23.1 Å². The Hall–Kier alpha value is -1.94. The summed E-state index contributed by atoms with van der Waals surface area (Å²) in [5.41, 5.74) is 6.06. The number of hydrogen-bond acceptors (Lipinski definition) is 2. The lowest BCUT2D eigenvalue weighted by Crippen LogP contribution is -2.06. The molecule has 2 aromatic rings. The van der Waals surface area contributed by atoms with Crippen LogP contribution in [0, 0.1) is 11.6 Å². The summed E-state index contributed by atoms with van der Waals surface area (Å²) in [4.78, 5) is 12.1. The molecular weight excluding hydrogens is 260 g/mol. The van der Waals surface area contributed by atoms with E-state index in [4.69, 9.17) is 17.3 Å². The van der Waals surface area contributed by atoms with E-state index in [0.717, 1.165) is 12.1 Å². The van der Waals surface area contributed by atoms with Gasteiger partial charge in [-0.2, -0.15) is 0 Å². The second kappa shape index (κ2) is 4.74. The molecule has 2 nitrogen and oxygen atoms in total. The van der Waals surface area contributed by atoms with Gasteiger partial charge < -0.3 is 5.73 Å². The minimum atomic E-state index is -1.08. The van der Waals surface area contributed by atoms with Gasteiger partial charge in [-0.15, -0.1) is 0 Å². The smallest absolute Gasteiger partial charge is 0.195 e. The third-order valence-corrected chi connectivity index (χ3v) is 2.68. The van der Waals surface area contributed by atoms with Crippen LogP contribution in [0.25, 0.3) is 0 Å². The summed E-state index contributed by atoms with van der Waals surface area (Å²) in [6, 6.07) is 7.33. The Morgan fingerprint density at radius 3 is 2.44 bits per heavy atom. The fourth-order valence-electron chi connectivity index (χ4n) is 1.52. The molecule has 0 aliphatic heterocycles. The maximum Gasteiger partial charge on any atom is 0.195 e. The molecule has 0 aliphatic carbocycles. The average molecular weight is 268 g/mol. The largest absolute Gasteiger partial charge is 0.398 e. The van der Waals surface area contributed by atoms with Crippen molar-refractivity contribution < 1.29 is 13.6 Å². The fraction of sp³-hybridized carbons (Fsp3) is 0. The van der Waals surface area contributed by atoms with E-state index >= 15 is 0 Å². The number of anilines is 1. The molecular formula is C13H8ClF2NO. The summed E-state index contributed by atoms with van der Waals surface area (Å²) in [5, 5.41) is 0.343. The molecule has 5 heteroatoms. The normalized spacial score (nSPS) is 10.4. The first-order chi connectivity index (χ1) is 8.49. The summed E-state index contributed by atoms with van der Waals surface area (Å²) < 4.78 is 25.8. The number of halogens is 3. The number of carbonyl (C=O) groups excluding carboxylic acids is 1. The van der Waals surface area contributed by atoms with Gasteiger partial charge in [0.15, 0.2) is 17.4 Å². The van der Waals surface area contributed by atoms with Crippen molar-refractivity contribution in [2.24, 2.45) is 0 Å². The number of rotatable bonds is 2. The molecule has 0 saturated heterocycles. The molecule has 2 N–H and O–H groups in total. The van der Waals surface area contributed by atoms with Gasteiger partial charge in [0.1, 0.15) is 0 Å². The van der Waals surface area contributed by atoms with Gasteiger partial charge in [-0.25, -0.2) is 8.78 Å². The van der Waals surface area contributed by atoms with Crippen molar-refractivity contribution in [1.82, 2.24) is 0 Å². The van der Waals surface area contributed by atoms with Gasteiger partial charge in [-0.05, 0) is 36.4 Å². The molecule has 18 heavy (non-hydrogen) atoms. The van der Waals surface area contributed by atoms with Crippen LogP contribution in [0.15, 0.2) is 36.4 Å². The highest BCUT2D eigenvalue weighted by Crippen LogP contribution is 2.22. The van der Waals surface area contributed by atoms with Crippen LogP contribution < -0.4 is 5.73 Å². The molecule has 0 saturated carbocycles. The van der Waals surface area contributed by atoms with E-state index in [1.54, 1.807) is 6.07 Å². The minimum Gasteiger partial charge on any atom is -0.398 e. The summed E-state index contributed by atoms with van der Waals surface area (Å²) in [7, 11) is 0. The second-order valence-corrected chi connectivity index (χ2v) is 4.13. The molecule has 0 atom stereocenters. The van der Waals surface area contributed by atoms with Gasteiger partial charge in [0.2, 0.25) is 0 Å². The Balaban J connectivity index is 2.47. The van der Waals surface area contributed by atoms with E-state index in [-0.39, 0.29) is 16.8 Å². The van der Waals surface area contributed by atoms with Crippen LogP contribution >= 0.6 is 11.6 Å². The summed E-state index contributed by atoms with van der Waals surface area (Å²) >= 11 is 5.76. The zero-order valence-corrected chi connectivity index (χ0v) is 9.84. The molecule has 0 radical (unpaired) electrons. The van der Waals surface area contributed by atoms with Crippen LogP contribution in [0.5, 0.6) is 0 Å². The van der Waals surface area contributed by atoms with Crippen LogP contribution in [-0.2, 0) is 0 Å². The lowest BCUT2D eigenvalue weighted by molar-refractivity contribution is 0.103. The van der Waals surface area contributed by atoms with E-state index < -0.39 is 17.4 Å². The van der Waals surface area contributed by atoms with Crippen molar-refractivity contribution in [3.8, 4) is 0 Å². The highest BCUT2D eigenvalue weighted by molar-refractivity contribution is 6.31. The minimum absolute atomic E-state index is 0.0165. The molecule has 0 heterocycles. The Morgan fingerprint density at radius 1 is 1.06 bits per heavy atom. The van der Waals surface area contributed by atoms with Gasteiger partial charge >= 0.3 is 0 Å². The van der Waals surface area contributed by atoms with E-state index in [9.17, 15) is 13.6 Å². The topological polar surface area (TPSA) is 43.1 Å². The van der Waals surface area contributed by atoms with E-state index in [0.29, 0.717) is 5.02 Å². The molecule has 2 rings (SSSR count). The molecule has 2 aromatic carbocycles. The molecule has 0 amide bonds. The van der Waals surface area contributed by atoms with Crippen LogP contribution in [0.4, 0.5) is 14.5 Å². The number of carbonyl (C=O) groups is 1. The van der Waals surface area contributed by atoms with Crippen molar-refractivity contribution in [3.05, 3.63) is 64.2 Å². The lowest BCUT2D eigenvalue weighted by Gasteiger charge is -2.05. The van der Waals surface area contributed by atoms with E-state index in [2.05, 4.69) is 0 Å². The average Bonchev–Trinajstić information content (AvgIpc) is 2.35. The summed E-state index contributed by atoms with van der Waals surface area (Å²) in [6.07, 6.45) is 0. The van der Waals surface area contributed by atoms with Crippen LogP contribution in [0.2, 0.25) is 5.02 Å². The van der Waals surface area contributed by atoms with E-state index in [1.807, 2.05) is 0 Å². The molecule has 0 aromatic heterocycles. The summed E-state index contributed by atoms with van der Waals surface area (Å²) in [6.45, 7) is 0. The first-order valence-corrected chi connectivity index (χ1v) is 5.41. The molecule has 0 bridgehead atoms. The SMILES string of the molecule is Nc1ccc(Cl)cc1C(=O)c1ccc(F)c(F)c1. The zero-order chi connectivity index (χ0) is 13.3. The second-order valence-electron chi connectivity index (χ2n) is 3.69. The highest BCUT2D eigenvalue weighted by Gasteiger charge is 2.14. The maximum atomic E-state index is 13.1. The molecule has 0 aliphatic rings. The number of hydrogen-bond donors (Lipinski definition) is 1. The van der Waals surface area contributed by atoms with Gasteiger partial charge in [0, 0.05) is 21.8 Å². The zero-order valence-electron chi connectivity index (χ0n) is 9.08. The Labute approximate surface area is 107 Å². The maximum absolute atomic E-state index is 13.1. The standard InChI is InChI=1S/C13H8ClF2NO/c14-8-2-4-12(17)9(6-8)13(18)7-1-3-10(15)11(16)5-7/h1-6H,17H2. The van der Waals surface area contributed by atoms with Crippen molar-refractivity contribution in [2.45, 2.75) is 0 Å². The number of benzene rings is 2. The number of ketones is 1. The van der Waals surface area contributed by atoms with Crippen molar-refractivity contribution in [1.29, 1.82) is 0 Å². The monoisotopic (exact) mass is 267 g/mol. The Kier molecular flexibility index (Phi) is 3.30. The van der Waals surface area contributed by atoms with Gasteiger partial charge in [-0.3, -0.25) is 4.79 Å². The Bertz CT molecular complexity index is 628. The van der Waals surface area contributed by atoms with Crippen LogP contribution in [0.1, 0.15) is 15.9 Å². The quantitative estimate of drug-likeness (QED) is 0.669. The van der Waals surface area contributed by atoms with Crippen LogP contribution in [0.3, 0.4) is 0 Å². The molecule has 0 unspecified atom stereocenters. The first-order valence-electron chi connectivity index (χ1n) is 5.04. The highest BCUT2D eigenvalue weighted by atomic mass is 35.5. The van der Waals surface area contributed by atoms with Crippen molar-refractivity contribution in [2.75, 3.05) is 5.73 Å². The van der Waals surface area contributed by atoms with E-state index in [1.165, 1.54) is 18.2 Å². The fourth-order valence-corrected chi connectivity index (χ4v) is 1.69. The van der Waals surface area contributed by atoms with Crippen molar-refractivity contribution in [3.63, 3.8) is 0 Å². The van der Waals surface area contributed by atoms with Crippen LogP contribution in [-0.4, -0.2) is 5.78 Å². The van der Waals surface area contributed by atoms with Gasteiger partial charge in [0.25, 0.3) is 0 Å². The Morgan fingerprint density at radius 2 is 1.78 bits per heavy atom. The molecule has 0 spiro atoms. The predicted octanol–water partition coefficient (Wildman–Crippen LogP) is 3.43. The molecule has 0 fully saturated rings.